The molecule has 1 aromatic carbocycles. The van der Waals surface area contributed by atoms with Crippen molar-refractivity contribution in [2.45, 2.75) is 33.4 Å². The molecule has 0 saturated carbocycles. The smallest absolute Gasteiger partial charge is 0.224 e. The van der Waals surface area contributed by atoms with Gasteiger partial charge in [0, 0.05) is 18.5 Å². The lowest BCUT2D eigenvalue weighted by Gasteiger charge is -2.15. The van der Waals surface area contributed by atoms with Gasteiger partial charge >= 0.3 is 0 Å². The van der Waals surface area contributed by atoms with Crippen molar-refractivity contribution in [3.05, 3.63) is 35.4 Å². The highest BCUT2D eigenvalue weighted by Gasteiger charge is 2.16. The number of carbonyl (C=O) groups is 1. The summed E-state index contributed by atoms with van der Waals surface area (Å²) in [6.45, 7) is 6.30. The molecule has 2 atom stereocenters. The highest BCUT2D eigenvalue weighted by Crippen LogP contribution is 2.07. The van der Waals surface area contributed by atoms with Crippen LogP contribution in [-0.2, 0) is 11.3 Å². The van der Waals surface area contributed by atoms with Crippen LogP contribution in [0.4, 0.5) is 0 Å². The van der Waals surface area contributed by atoms with Gasteiger partial charge in [0.15, 0.2) is 0 Å². The first-order valence-electron chi connectivity index (χ1n) is 5.60. The standard InChI is InChI=1S/C13H20N2O.ClH/c1-9-6-4-5-7-12(9)8-15-13(16)10(2)11(3)14;/h4-7,10-11H,8,14H2,1-3H3,(H,15,16);1H. The fourth-order valence-electron chi connectivity index (χ4n) is 1.39. The Balaban J connectivity index is 0.00000256. The molecule has 0 heterocycles. The number of hydrogen-bond donors (Lipinski definition) is 2. The summed E-state index contributed by atoms with van der Waals surface area (Å²) in [6.07, 6.45) is 0. The van der Waals surface area contributed by atoms with Crippen LogP contribution in [0.25, 0.3) is 0 Å². The molecule has 1 amide bonds. The SMILES string of the molecule is Cc1ccccc1CNC(=O)C(C)C(C)N.Cl. The van der Waals surface area contributed by atoms with Crippen molar-refractivity contribution in [1.82, 2.24) is 5.32 Å². The zero-order valence-corrected chi connectivity index (χ0v) is 11.4. The maximum Gasteiger partial charge on any atom is 0.224 e. The van der Waals surface area contributed by atoms with E-state index in [2.05, 4.69) is 5.32 Å². The predicted molar refractivity (Wildman–Crippen MR) is 73.1 cm³/mol. The third-order valence-corrected chi connectivity index (χ3v) is 2.92. The first-order chi connectivity index (χ1) is 7.52. The zero-order valence-electron chi connectivity index (χ0n) is 10.6. The van der Waals surface area contributed by atoms with Crippen molar-refractivity contribution in [2.75, 3.05) is 0 Å². The summed E-state index contributed by atoms with van der Waals surface area (Å²) in [7, 11) is 0. The van der Waals surface area contributed by atoms with Gasteiger partial charge in [0.05, 0.1) is 0 Å². The number of carbonyl (C=O) groups excluding carboxylic acids is 1. The topological polar surface area (TPSA) is 55.1 Å². The Hall–Kier alpha value is -1.06. The number of amides is 1. The van der Waals surface area contributed by atoms with E-state index in [0.29, 0.717) is 6.54 Å². The first kappa shape index (κ1) is 15.9. The van der Waals surface area contributed by atoms with Crippen molar-refractivity contribution < 1.29 is 4.79 Å². The molecule has 17 heavy (non-hydrogen) atoms. The quantitative estimate of drug-likeness (QED) is 0.866. The first-order valence-corrected chi connectivity index (χ1v) is 5.60. The molecule has 3 N–H and O–H groups in total. The van der Waals surface area contributed by atoms with E-state index in [0.717, 1.165) is 5.56 Å². The summed E-state index contributed by atoms with van der Waals surface area (Å²) in [5, 5.41) is 2.90. The molecule has 0 fully saturated rings. The molecule has 96 valence electrons. The summed E-state index contributed by atoms with van der Waals surface area (Å²) in [5.74, 6) is -0.137. The highest BCUT2D eigenvalue weighted by molar-refractivity contribution is 5.85. The average molecular weight is 257 g/mol. The fraction of sp³-hybridized carbons (Fsp3) is 0.462. The lowest BCUT2D eigenvalue weighted by Crippen LogP contribution is -2.38. The molecule has 0 aromatic heterocycles. The van der Waals surface area contributed by atoms with E-state index >= 15 is 0 Å². The van der Waals surface area contributed by atoms with Gasteiger partial charge in [-0.05, 0) is 25.0 Å². The molecule has 1 aromatic rings. The molecule has 0 aliphatic rings. The second-order valence-corrected chi connectivity index (χ2v) is 4.29. The van der Waals surface area contributed by atoms with E-state index in [-0.39, 0.29) is 30.3 Å². The van der Waals surface area contributed by atoms with E-state index in [1.54, 1.807) is 0 Å². The molecular formula is C13H21ClN2O. The van der Waals surface area contributed by atoms with Gasteiger partial charge in [0.25, 0.3) is 0 Å². The number of nitrogens with two attached hydrogens (primary N) is 1. The van der Waals surface area contributed by atoms with E-state index in [1.807, 2.05) is 45.0 Å². The Kier molecular flexibility index (Phi) is 6.85. The Bertz CT molecular complexity index is 366. The molecule has 0 radical (unpaired) electrons. The van der Waals surface area contributed by atoms with Gasteiger partial charge < -0.3 is 11.1 Å². The van der Waals surface area contributed by atoms with E-state index in [1.165, 1.54) is 5.56 Å². The van der Waals surface area contributed by atoms with Crippen LogP contribution in [0.3, 0.4) is 0 Å². The second kappa shape index (κ2) is 7.30. The molecule has 3 nitrogen and oxygen atoms in total. The summed E-state index contributed by atoms with van der Waals surface area (Å²) >= 11 is 0. The third kappa shape index (κ3) is 4.75. The van der Waals surface area contributed by atoms with E-state index in [4.69, 9.17) is 5.73 Å². The Morgan fingerprint density at radius 1 is 1.35 bits per heavy atom. The van der Waals surface area contributed by atoms with Gasteiger partial charge in [0.2, 0.25) is 5.91 Å². The number of hydrogen-bond acceptors (Lipinski definition) is 2. The number of rotatable bonds is 4. The normalized spacial score (nSPS) is 13.4. The van der Waals surface area contributed by atoms with Crippen molar-refractivity contribution in [1.29, 1.82) is 0 Å². The van der Waals surface area contributed by atoms with Crippen LogP contribution in [-0.4, -0.2) is 11.9 Å². The van der Waals surface area contributed by atoms with Gasteiger partial charge in [-0.3, -0.25) is 4.79 Å². The third-order valence-electron chi connectivity index (χ3n) is 2.92. The zero-order chi connectivity index (χ0) is 12.1. The summed E-state index contributed by atoms with van der Waals surface area (Å²) in [5.41, 5.74) is 8.01. The maximum atomic E-state index is 11.7. The molecule has 0 aliphatic heterocycles. The van der Waals surface area contributed by atoms with Crippen LogP contribution in [0, 0.1) is 12.8 Å². The van der Waals surface area contributed by atoms with Gasteiger partial charge in [0.1, 0.15) is 0 Å². The van der Waals surface area contributed by atoms with Crippen LogP contribution >= 0.6 is 12.4 Å². The number of nitrogens with one attached hydrogen (secondary N) is 1. The summed E-state index contributed by atoms with van der Waals surface area (Å²) in [6, 6.07) is 7.91. The van der Waals surface area contributed by atoms with E-state index < -0.39 is 0 Å². The monoisotopic (exact) mass is 256 g/mol. The van der Waals surface area contributed by atoms with Crippen LogP contribution in [0.2, 0.25) is 0 Å². The van der Waals surface area contributed by atoms with Crippen LogP contribution in [0.15, 0.2) is 24.3 Å². The number of aryl methyl sites for hydroxylation is 1. The highest BCUT2D eigenvalue weighted by atomic mass is 35.5. The maximum absolute atomic E-state index is 11.7. The number of benzene rings is 1. The Labute approximate surface area is 109 Å². The van der Waals surface area contributed by atoms with Crippen molar-refractivity contribution in [3.8, 4) is 0 Å². The molecule has 0 saturated heterocycles. The fourth-order valence-corrected chi connectivity index (χ4v) is 1.39. The van der Waals surface area contributed by atoms with Gasteiger partial charge in [-0.2, -0.15) is 0 Å². The van der Waals surface area contributed by atoms with Crippen LogP contribution in [0.1, 0.15) is 25.0 Å². The lowest BCUT2D eigenvalue weighted by molar-refractivity contribution is -0.125. The number of halogens is 1. The minimum absolute atomic E-state index is 0. The molecule has 4 heteroatoms. The minimum Gasteiger partial charge on any atom is -0.352 e. The van der Waals surface area contributed by atoms with Crippen molar-refractivity contribution in [3.63, 3.8) is 0 Å². The predicted octanol–water partition coefficient (Wildman–Crippen LogP) is 2.02. The van der Waals surface area contributed by atoms with Gasteiger partial charge in [-0.1, -0.05) is 31.2 Å². The lowest BCUT2D eigenvalue weighted by atomic mass is 10.0. The van der Waals surface area contributed by atoms with Gasteiger partial charge in [-0.15, -0.1) is 12.4 Å². The van der Waals surface area contributed by atoms with Crippen LogP contribution < -0.4 is 11.1 Å². The van der Waals surface area contributed by atoms with Crippen molar-refractivity contribution in [2.24, 2.45) is 11.7 Å². The Morgan fingerprint density at radius 2 is 1.94 bits per heavy atom. The average Bonchev–Trinajstić information content (AvgIpc) is 2.26. The van der Waals surface area contributed by atoms with E-state index in [9.17, 15) is 4.79 Å². The summed E-state index contributed by atoms with van der Waals surface area (Å²) in [4.78, 5) is 11.7. The minimum atomic E-state index is -0.149. The summed E-state index contributed by atoms with van der Waals surface area (Å²) < 4.78 is 0. The van der Waals surface area contributed by atoms with Crippen LogP contribution in [0.5, 0.6) is 0 Å². The van der Waals surface area contributed by atoms with Crippen molar-refractivity contribution >= 4 is 18.3 Å². The molecule has 0 aliphatic carbocycles. The molecule has 1 rings (SSSR count). The largest absolute Gasteiger partial charge is 0.352 e. The van der Waals surface area contributed by atoms with Gasteiger partial charge in [-0.25, -0.2) is 0 Å². The molecule has 0 bridgehead atoms. The molecule has 0 spiro atoms. The molecular weight excluding hydrogens is 236 g/mol. The molecule has 2 unspecified atom stereocenters. The second-order valence-electron chi connectivity index (χ2n) is 4.29. The Morgan fingerprint density at radius 3 is 2.47 bits per heavy atom.